The van der Waals surface area contributed by atoms with Crippen molar-refractivity contribution in [3.05, 3.63) is 64.7 Å². The number of carbonyl (C=O) groups is 2. The number of halogens is 2. The summed E-state index contributed by atoms with van der Waals surface area (Å²) in [5.41, 5.74) is 3.14. The van der Waals surface area contributed by atoms with Crippen molar-refractivity contribution in [1.29, 1.82) is 0 Å². The minimum atomic E-state index is -0.764. The van der Waals surface area contributed by atoms with Crippen molar-refractivity contribution >= 4 is 17.6 Å². The summed E-state index contributed by atoms with van der Waals surface area (Å²) < 4.78 is 31.5. The topological polar surface area (TPSA) is 55.4 Å². The molecule has 0 bridgehead atoms. The molecule has 2 aromatic rings. The second-order valence-electron chi connectivity index (χ2n) is 6.32. The SMILES string of the molecule is O=C(COC(=O)Cc1ccc2c(c1)CCCC2)Nc1cc(F)ccc1F. The second kappa shape index (κ2) is 8.08. The molecule has 0 atom stereocenters. The minimum Gasteiger partial charge on any atom is -0.455 e. The zero-order valence-electron chi connectivity index (χ0n) is 14.2. The monoisotopic (exact) mass is 359 g/mol. The van der Waals surface area contributed by atoms with Crippen LogP contribution in [0.1, 0.15) is 29.5 Å². The summed E-state index contributed by atoms with van der Waals surface area (Å²) in [6, 6.07) is 8.67. The molecule has 1 N–H and O–H groups in total. The average Bonchev–Trinajstić information content (AvgIpc) is 2.63. The largest absolute Gasteiger partial charge is 0.455 e. The number of carbonyl (C=O) groups excluding carboxylic acids is 2. The quantitative estimate of drug-likeness (QED) is 0.831. The first-order chi connectivity index (χ1) is 12.5. The summed E-state index contributed by atoms with van der Waals surface area (Å²) in [5.74, 6) is -2.71. The fourth-order valence-electron chi connectivity index (χ4n) is 3.04. The van der Waals surface area contributed by atoms with Crippen LogP contribution >= 0.6 is 0 Å². The van der Waals surface area contributed by atoms with Crippen molar-refractivity contribution in [2.45, 2.75) is 32.1 Å². The second-order valence-corrected chi connectivity index (χ2v) is 6.32. The summed E-state index contributed by atoms with van der Waals surface area (Å²) >= 11 is 0. The highest BCUT2D eigenvalue weighted by Crippen LogP contribution is 2.22. The number of esters is 1. The maximum atomic E-state index is 13.5. The molecule has 2 aromatic carbocycles. The molecule has 136 valence electrons. The first-order valence-corrected chi connectivity index (χ1v) is 8.52. The van der Waals surface area contributed by atoms with E-state index < -0.39 is 30.1 Å². The molecule has 1 aliphatic carbocycles. The lowest BCUT2D eigenvalue weighted by atomic mass is 9.90. The van der Waals surface area contributed by atoms with Crippen molar-refractivity contribution in [1.82, 2.24) is 0 Å². The van der Waals surface area contributed by atoms with Crippen molar-refractivity contribution in [2.75, 3.05) is 11.9 Å². The summed E-state index contributed by atoms with van der Waals surface area (Å²) in [6.07, 6.45) is 4.48. The third-order valence-corrected chi connectivity index (χ3v) is 4.33. The van der Waals surface area contributed by atoms with Gasteiger partial charge in [0.25, 0.3) is 5.91 Å². The van der Waals surface area contributed by atoms with Gasteiger partial charge in [-0.15, -0.1) is 0 Å². The van der Waals surface area contributed by atoms with Crippen LogP contribution in [0.2, 0.25) is 0 Å². The summed E-state index contributed by atoms with van der Waals surface area (Å²) in [7, 11) is 0. The molecule has 6 heteroatoms. The van der Waals surface area contributed by atoms with Gasteiger partial charge in [0.05, 0.1) is 12.1 Å². The molecule has 1 aliphatic rings. The van der Waals surface area contributed by atoms with Crippen LogP contribution in [0.15, 0.2) is 36.4 Å². The molecule has 0 spiro atoms. The van der Waals surface area contributed by atoms with E-state index in [4.69, 9.17) is 4.74 Å². The highest BCUT2D eigenvalue weighted by Gasteiger charge is 2.14. The van der Waals surface area contributed by atoms with Crippen LogP contribution in [0, 0.1) is 11.6 Å². The van der Waals surface area contributed by atoms with E-state index >= 15 is 0 Å². The van der Waals surface area contributed by atoms with Crippen molar-refractivity contribution in [3.63, 3.8) is 0 Å². The van der Waals surface area contributed by atoms with Crippen LogP contribution in [-0.4, -0.2) is 18.5 Å². The van der Waals surface area contributed by atoms with E-state index in [0.29, 0.717) is 0 Å². The number of hydrogen-bond acceptors (Lipinski definition) is 3. The molecule has 0 aromatic heterocycles. The first-order valence-electron chi connectivity index (χ1n) is 8.52. The van der Waals surface area contributed by atoms with Crippen molar-refractivity contribution < 1.29 is 23.1 Å². The number of benzene rings is 2. The van der Waals surface area contributed by atoms with Gasteiger partial charge in [-0.2, -0.15) is 0 Å². The Morgan fingerprint density at radius 1 is 1.00 bits per heavy atom. The molecule has 0 aliphatic heterocycles. The number of anilines is 1. The molecular formula is C20H19F2NO3. The molecule has 0 saturated heterocycles. The average molecular weight is 359 g/mol. The predicted molar refractivity (Wildman–Crippen MR) is 92.7 cm³/mol. The lowest BCUT2D eigenvalue weighted by Crippen LogP contribution is -2.22. The fraction of sp³-hybridized carbons (Fsp3) is 0.300. The van der Waals surface area contributed by atoms with Gasteiger partial charge in [-0.05, 0) is 54.5 Å². The number of fused-ring (bicyclic) bond motifs is 1. The van der Waals surface area contributed by atoms with Gasteiger partial charge in [-0.25, -0.2) is 8.78 Å². The molecule has 0 radical (unpaired) electrons. The normalized spacial score (nSPS) is 13.0. The van der Waals surface area contributed by atoms with Crippen molar-refractivity contribution in [3.8, 4) is 0 Å². The third kappa shape index (κ3) is 4.65. The molecular weight excluding hydrogens is 340 g/mol. The Labute approximate surface area is 150 Å². The number of hydrogen-bond donors (Lipinski definition) is 1. The van der Waals surface area contributed by atoms with Gasteiger partial charge >= 0.3 is 5.97 Å². The smallest absolute Gasteiger partial charge is 0.310 e. The standard InChI is InChI=1S/C20H19F2NO3/c21-16-7-8-17(22)18(11-16)23-19(24)12-26-20(25)10-13-5-6-14-3-1-2-4-15(14)9-13/h5-9,11H,1-4,10,12H2,(H,23,24). The highest BCUT2D eigenvalue weighted by molar-refractivity contribution is 5.93. The van der Waals surface area contributed by atoms with Gasteiger partial charge in [0.1, 0.15) is 11.6 Å². The van der Waals surface area contributed by atoms with Crippen LogP contribution in [0.25, 0.3) is 0 Å². The molecule has 1 amide bonds. The van der Waals surface area contributed by atoms with Crippen LogP contribution in [0.5, 0.6) is 0 Å². The number of ether oxygens (including phenoxy) is 1. The summed E-state index contributed by atoms with van der Waals surface area (Å²) in [6.45, 7) is -0.556. The number of aryl methyl sites for hydroxylation is 2. The van der Waals surface area contributed by atoms with E-state index in [-0.39, 0.29) is 12.1 Å². The zero-order valence-corrected chi connectivity index (χ0v) is 14.2. The van der Waals surface area contributed by atoms with Crippen LogP contribution < -0.4 is 5.32 Å². The summed E-state index contributed by atoms with van der Waals surface area (Å²) in [4.78, 5) is 23.7. The van der Waals surface area contributed by atoms with Gasteiger partial charge in [0, 0.05) is 6.07 Å². The first kappa shape index (κ1) is 18.0. The molecule has 3 rings (SSSR count). The highest BCUT2D eigenvalue weighted by atomic mass is 19.1. The summed E-state index contributed by atoms with van der Waals surface area (Å²) in [5, 5.41) is 2.18. The van der Waals surface area contributed by atoms with Gasteiger partial charge in [0.2, 0.25) is 0 Å². The third-order valence-electron chi connectivity index (χ3n) is 4.33. The number of rotatable bonds is 5. The lowest BCUT2D eigenvalue weighted by molar-refractivity contribution is -0.146. The zero-order chi connectivity index (χ0) is 18.5. The number of amides is 1. The molecule has 26 heavy (non-hydrogen) atoms. The van der Waals surface area contributed by atoms with E-state index in [1.165, 1.54) is 17.5 Å². The Morgan fingerprint density at radius 3 is 2.58 bits per heavy atom. The lowest BCUT2D eigenvalue weighted by Gasteiger charge is -2.16. The molecule has 0 unspecified atom stereocenters. The Bertz CT molecular complexity index is 836. The number of nitrogens with one attached hydrogen (secondary N) is 1. The Hall–Kier alpha value is -2.76. The van der Waals surface area contributed by atoms with Crippen LogP contribution in [0.4, 0.5) is 14.5 Å². The van der Waals surface area contributed by atoms with E-state index in [0.717, 1.165) is 43.0 Å². The van der Waals surface area contributed by atoms with E-state index in [9.17, 15) is 18.4 Å². The van der Waals surface area contributed by atoms with Gasteiger partial charge in [-0.1, -0.05) is 18.2 Å². The Morgan fingerprint density at radius 2 is 1.77 bits per heavy atom. The van der Waals surface area contributed by atoms with E-state index in [1.54, 1.807) is 0 Å². The van der Waals surface area contributed by atoms with E-state index in [1.807, 2.05) is 18.2 Å². The Balaban J connectivity index is 1.50. The minimum absolute atomic E-state index is 0.0644. The maximum Gasteiger partial charge on any atom is 0.310 e. The van der Waals surface area contributed by atoms with Gasteiger partial charge in [0.15, 0.2) is 6.61 Å². The maximum absolute atomic E-state index is 13.5. The van der Waals surface area contributed by atoms with E-state index in [2.05, 4.69) is 5.32 Å². The van der Waals surface area contributed by atoms with Crippen LogP contribution in [0.3, 0.4) is 0 Å². The van der Waals surface area contributed by atoms with Gasteiger partial charge < -0.3 is 10.1 Å². The molecule has 0 saturated carbocycles. The molecule has 0 heterocycles. The Kier molecular flexibility index (Phi) is 5.61. The van der Waals surface area contributed by atoms with Crippen molar-refractivity contribution in [2.24, 2.45) is 0 Å². The molecule has 0 fully saturated rings. The fourth-order valence-corrected chi connectivity index (χ4v) is 3.04. The van der Waals surface area contributed by atoms with Crippen LogP contribution in [-0.2, 0) is 33.6 Å². The molecule has 4 nitrogen and oxygen atoms in total. The predicted octanol–water partition coefficient (Wildman–Crippen LogP) is 3.57. The van der Waals surface area contributed by atoms with Gasteiger partial charge in [-0.3, -0.25) is 9.59 Å².